The standard InChI is InChI=1S/C15H13FO2S/c1-18-15(17)12-7-13(16)9-14(8-12)19-10-11-5-3-2-4-6-11/h2-9H,10H2,1H3. The Bertz CT molecular complexity index is 570. The van der Waals surface area contributed by atoms with Gasteiger partial charge in [-0.25, -0.2) is 9.18 Å². The molecule has 19 heavy (non-hydrogen) atoms. The SMILES string of the molecule is COC(=O)c1cc(F)cc(SCc2ccccc2)c1. The average molecular weight is 276 g/mol. The van der Waals surface area contributed by atoms with Crippen LogP contribution in [0.4, 0.5) is 4.39 Å². The highest BCUT2D eigenvalue weighted by molar-refractivity contribution is 7.98. The molecule has 98 valence electrons. The summed E-state index contributed by atoms with van der Waals surface area (Å²) >= 11 is 1.48. The number of ether oxygens (including phenoxy) is 1. The van der Waals surface area contributed by atoms with E-state index in [1.54, 1.807) is 6.07 Å². The lowest BCUT2D eigenvalue weighted by Gasteiger charge is -2.05. The summed E-state index contributed by atoms with van der Waals surface area (Å²) < 4.78 is 18.0. The summed E-state index contributed by atoms with van der Waals surface area (Å²) in [6.07, 6.45) is 0. The molecule has 0 heterocycles. The van der Waals surface area contributed by atoms with E-state index in [2.05, 4.69) is 4.74 Å². The maximum Gasteiger partial charge on any atom is 0.337 e. The Morgan fingerprint density at radius 2 is 1.95 bits per heavy atom. The molecule has 2 rings (SSSR count). The molecule has 0 amide bonds. The molecule has 0 radical (unpaired) electrons. The summed E-state index contributed by atoms with van der Waals surface area (Å²) in [5.41, 5.74) is 1.38. The van der Waals surface area contributed by atoms with Gasteiger partial charge in [0.05, 0.1) is 12.7 Å². The van der Waals surface area contributed by atoms with Gasteiger partial charge in [0.25, 0.3) is 0 Å². The molecule has 0 saturated heterocycles. The van der Waals surface area contributed by atoms with Crippen LogP contribution in [0.25, 0.3) is 0 Å². The minimum absolute atomic E-state index is 0.234. The summed E-state index contributed by atoms with van der Waals surface area (Å²) in [4.78, 5) is 12.1. The van der Waals surface area contributed by atoms with Gasteiger partial charge in [-0.05, 0) is 23.8 Å². The van der Waals surface area contributed by atoms with Crippen molar-refractivity contribution in [3.63, 3.8) is 0 Å². The monoisotopic (exact) mass is 276 g/mol. The van der Waals surface area contributed by atoms with Gasteiger partial charge >= 0.3 is 5.97 Å². The van der Waals surface area contributed by atoms with Crippen molar-refractivity contribution >= 4 is 17.7 Å². The van der Waals surface area contributed by atoms with E-state index in [1.165, 1.54) is 31.0 Å². The number of halogens is 1. The summed E-state index contributed by atoms with van der Waals surface area (Å²) in [5.74, 6) is -0.232. The minimum atomic E-state index is -0.527. The van der Waals surface area contributed by atoms with Crippen LogP contribution in [-0.4, -0.2) is 13.1 Å². The Kier molecular flexibility index (Phi) is 4.58. The van der Waals surface area contributed by atoms with Crippen molar-refractivity contribution in [3.05, 3.63) is 65.5 Å². The number of carbonyl (C=O) groups is 1. The van der Waals surface area contributed by atoms with Crippen molar-refractivity contribution in [1.29, 1.82) is 0 Å². The molecule has 0 aliphatic rings. The second kappa shape index (κ2) is 6.38. The fourth-order valence-electron chi connectivity index (χ4n) is 1.62. The molecule has 2 aromatic carbocycles. The number of thioether (sulfide) groups is 1. The number of esters is 1. The Hall–Kier alpha value is -1.81. The third kappa shape index (κ3) is 3.83. The number of carbonyl (C=O) groups excluding carboxylic acids is 1. The highest BCUT2D eigenvalue weighted by Gasteiger charge is 2.09. The van der Waals surface area contributed by atoms with Crippen LogP contribution in [0.5, 0.6) is 0 Å². The fraction of sp³-hybridized carbons (Fsp3) is 0.133. The van der Waals surface area contributed by atoms with E-state index in [-0.39, 0.29) is 5.56 Å². The second-order valence-corrected chi connectivity index (χ2v) is 4.99. The van der Waals surface area contributed by atoms with Crippen LogP contribution in [0.15, 0.2) is 53.4 Å². The minimum Gasteiger partial charge on any atom is -0.465 e. The van der Waals surface area contributed by atoms with Crippen LogP contribution < -0.4 is 0 Å². The van der Waals surface area contributed by atoms with Crippen LogP contribution in [0.2, 0.25) is 0 Å². The second-order valence-electron chi connectivity index (χ2n) is 3.94. The predicted molar refractivity (Wildman–Crippen MR) is 73.7 cm³/mol. The number of hydrogen-bond donors (Lipinski definition) is 0. The van der Waals surface area contributed by atoms with E-state index in [0.717, 1.165) is 11.3 Å². The summed E-state index contributed by atoms with van der Waals surface area (Å²) in [6.45, 7) is 0. The quantitative estimate of drug-likeness (QED) is 0.625. The summed E-state index contributed by atoms with van der Waals surface area (Å²) in [7, 11) is 1.28. The molecule has 0 fully saturated rings. The van der Waals surface area contributed by atoms with E-state index >= 15 is 0 Å². The zero-order valence-corrected chi connectivity index (χ0v) is 11.2. The molecular weight excluding hydrogens is 263 g/mol. The van der Waals surface area contributed by atoms with Crippen LogP contribution in [0.3, 0.4) is 0 Å². The van der Waals surface area contributed by atoms with Gasteiger partial charge in [0.2, 0.25) is 0 Å². The predicted octanol–water partition coefficient (Wildman–Crippen LogP) is 3.90. The molecule has 0 spiro atoms. The van der Waals surface area contributed by atoms with Crippen molar-refractivity contribution in [3.8, 4) is 0 Å². The first kappa shape index (κ1) is 13.6. The van der Waals surface area contributed by atoms with Gasteiger partial charge in [0, 0.05) is 10.6 Å². The van der Waals surface area contributed by atoms with Crippen molar-refractivity contribution in [1.82, 2.24) is 0 Å². The highest BCUT2D eigenvalue weighted by atomic mass is 32.2. The van der Waals surface area contributed by atoms with Gasteiger partial charge in [-0.3, -0.25) is 0 Å². The van der Waals surface area contributed by atoms with Crippen molar-refractivity contribution in [2.45, 2.75) is 10.6 Å². The van der Waals surface area contributed by atoms with Gasteiger partial charge in [-0.15, -0.1) is 11.8 Å². The number of benzene rings is 2. The molecule has 0 unspecified atom stereocenters. The molecule has 0 aliphatic carbocycles. The molecule has 0 bridgehead atoms. The molecule has 0 atom stereocenters. The lowest BCUT2D eigenvalue weighted by atomic mass is 10.2. The maximum absolute atomic E-state index is 13.4. The molecule has 0 aliphatic heterocycles. The van der Waals surface area contributed by atoms with Crippen molar-refractivity contribution in [2.24, 2.45) is 0 Å². The lowest BCUT2D eigenvalue weighted by molar-refractivity contribution is 0.0600. The Morgan fingerprint density at radius 1 is 1.21 bits per heavy atom. The molecule has 2 nitrogen and oxygen atoms in total. The zero-order chi connectivity index (χ0) is 13.7. The van der Waals surface area contributed by atoms with E-state index in [0.29, 0.717) is 4.90 Å². The Labute approximate surface area is 115 Å². The zero-order valence-electron chi connectivity index (χ0n) is 10.4. The summed E-state index contributed by atoms with van der Waals surface area (Å²) in [6, 6.07) is 14.1. The molecule has 0 N–H and O–H groups in total. The normalized spacial score (nSPS) is 10.2. The van der Waals surface area contributed by atoms with Gasteiger partial charge < -0.3 is 4.74 Å². The Balaban J connectivity index is 2.12. The van der Waals surface area contributed by atoms with Crippen molar-refractivity contribution < 1.29 is 13.9 Å². The number of rotatable bonds is 4. The van der Waals surface area contributed by atoms with Crippen LogP contribution >= 0.6 is 11.8 Å². The first-order chi connectivity index (χ1) is 9.19. The van der Waals surface area contributed by atoms with E-state index in [9.17, 15) is 9.18 Å². The Morgan fingerprint density at radius 3 is 2.63 bits per heavy atom. The van der Waals surface area contributed by atoms with Gasteiger partial charge in [0.1, 0.15) is 5.82 Å². The smallest absolute Gasteiger partial charge is 0.337 e. The molecular formula is C15H13FO2S. The van der Waals surface area contributed by atoms with Crippen LogP contribution in [0.1, 0.15) is 15.9 Å². The van der Waals surface area contributed by atoms with Crippen LogP contribution in [-0.2, 0) is 10.5 Å². The number of hydrogen-bond acceptors (Lipinski definition) is 3. The van der Waals surface area contributed by atoms with Gasteiger partial charge in [-0.2, -0.15) is 0 Å². The largest absolute Gasteiger partial charge is 0.465 e. The lowest BCUT2D eigenvalue weighted by Crippen LogP contribution is -2.01. The first-order valence-corrected chi connectivity index (χ1v) is 6.73. The molecule has 0 aromatic heterocycles. The van der Waals surface area contributed by atoms with Gasteiger partial charge in [-0.1, -0.05) is 30.3 Å². The van der Waals surface area contributed by atoms with Crippen LogP contribution in [0, 0.1) is 5.82 Å². The maximum atomic E-state index is 13.4. The third-order valence-electron chi connectivity index (χ3n) is 2.54. The van der Waals surface area contributed by atoms with E-state index in [1.807, 2.05) is 30.3 Å². The fourth-order valence-corrected chi connectivity index (χ4v) is 2.55. The van der Waals surface area contributed by atoms with E-state index < -0.39 is 11.8 Å². The molecule has 4 heteroatoms. The number of methoxy groups -OCH3 is 1. The third-order valence-corrected chi connectivity index (χ3v) is 3.59. The topological polar surface area (TPSA) is 26.3 Å². The highest BCUT2D eigenvalue weighted by Crippen LogP contribution is 2.25. The summed E-state index contributed by atoms with van der Waals surface area (Å²) in [5, 5.41) is 0. The van der Waals surface area contributed by atoms with E-state index in [4.69, 9.17) is 0 Å². The van der Waals surface area contributed by atoms with Gasteiger partial charge in [0.15, 0.2) is 0 Å². The molecule has 2 aromatic rings. The van der Waals surface area contributed by atoms with Crippen molar-refractivity contribution in [2.75, 3.05) is 7.11 Å². The molecule has 0 saturated carbocycles. The first-order valence-electron chi connectivity index (χ1n) is 5.74. The average Bonchev–Trinajstić information content (AvgIpc) is 2.45.